The van der Waals surface area contributed by atoms with Gasteiger partial charge in [0.2, 0.25) is 0 Å². The van der Waals surface area contributed by atoms with Crippen molar-refractivity contribution >= 4 is 16.7 Å². The summed E-state index contributed by atoms with van der Waals surface area (Å²) < 4.78 is 7.58. The third-order valence-corrected chi connectivity index (χ3v) is 9.24. The number of aromatic amines is 1. The van der Waals surface area contributed by atoms with Gasteiger partial charge in [-0.3, -0.25) is 14.3 Å². The zero-order valence-electron chi connectivity index (χ0n) is 22.5. The fourth-order valence-electron chi connectivity index (χ4n) is 6.90. The van der Waals surface area contributed by atoms with Gasteiger partial charge < -0.3 is 9.72 Å². The highest BCUT2D eigenvalue weighted by molar-refractivity contribution is 5.89. The first-order valence-electron chi connectivity index (χ1n) is 14.2. The van der Waals surface area contributed by atoms with Crippen LogP contribution >= 0.6 is 0 Å². The molecule has 0 bridgehead atoms. The van der Waals surface area contributed by atoms with E-state index in [0.717, 1.165) is 42.0 Å². The van der Waals surface area contributed by atoms with E-state index in [9.17, 15) is 0 Å². The maximum absolute atomic E-state index is 5.55. The molecule has 0 atom stereocenters. The average molecular weight is 499 g/mol. The Hall–Kier alpha value is -2.77. The van der Waals surface area contributed by atoms with Crippen molar-refractivity contribution in [2.75, 3.05) is 13.2 Å². The number of pyridine rings is 2. The van der Waals surface area contributed by atoms with Crippen LogP contribution in [-0.4, -0.2) is 60.8 Å². The lowest BCUT2D eigenvalue weighted by Crippen LogP contribution is -2.55. The lowest BCUT2D eigenvalue weighted by atomic mass is 9.82. The van der Waals surface area contributed by atoms with Crippen LogP contribution in [0.25, 0.3) is 27.9 Å². The van der Waals surface area contributed by atoms with Gasteiger partial charge in [-0.05, 0) is 81.5 Å². The predicted molar refractivity (Wildman–Crippen MR) is 146 cm³/mol. The average Bonchev–Trinajstić information content (AvgIpc) is 3.46. The van der Waals surface area contributed by atoms with Crippen molar-refractivity contribution in [3.63, 3.8) is 0 Å². The van der Waals surface area contributed by atoms with Crippen LogP contribution in [0.15, 0.2) is 24.7 Å². The molecule has 2 saturated carbocycles. The van der Waals surface area contributed by atoms with E-state index in [2.05, 4.69) is 66.1 Å². The molecule has 0 amide bonds. The number of H-pyrrole nitrogens is 1. The van der Waals surface area contributed by atoms with Crippen LogP contribution in [0, 0.1) is 13.8 Å². The molecule has 37 heavy (non-hydrogen) atoms. The van der Waals surface area contributed by atoms with Crippen LogP contribution in [0.2, 0.25) is 0 Å². The minimum absolute atomic E-state index is 0.357. The molecule has 3 aliphatic rings. The molecule has 1 N–H and O–H groups in total. The Kier molecular flexibility index (Phi) is 5.63. The van der Waals surface area contributed by atoms with Gasteiger partial charge in [0.1, 0.15) is 6.33 Å². The summed E-state index contributed by atoms with van der Waals surface area (Å²) in [5, 5.41) is 8.44. The number of aromatic nitrogens is 5. The number of nitrogens with one attached hydrogen (secondary N) is 1. The van der Waals surface area contributed by atoms with Gasteiger partial charge in [-0.25, -0.2) is 0 Å². The number of hydrogen-bond acceptors (Lipinski definition) is 5. The number of aryl methyl sites for hydroxylation is 1. The Morgan fingerprint density at radius 2 is 1.70 bits per heavy atom. The molecule has 1 saturated heterocycles. The molecule has 4 aromatic heterocycles. The fourth-order valence-corrected chi connectivity index (χ4v) is 6.90. The van der Waals surface area contributed by atoms with Crippen LogP contribution in [0.3, 0.4) is 0 Å². The summed E-state index contributed by atoms with van der Waals surface area (Å²) in [7, 11) is 0. The van der Waals surface area contributed by atoms with E-state index >= 15 is 0 Å². The van der Waals surface area contributed by atoms with Crippen molar-refractivity contribution in [2.45, 2.75) is 96.2 Å². The lowest BCUT2D eigenvalue weighted by molar-refractivity contribution is -0.0881. The Morgan fingerprint density at radius 3 is 2.35 bits per heavy atom. The van der Waals surface area contributed by atoms with Crippen LogP contribution in [-0.2, 0) is 4.74 Å². The molecular weight excluding hydrogens is 460 g/mol. The molecule has 194 valence electrons. The number of nitrogens with zero attached hydrogens (tertiary/aromatic N) is 5. The second kappa shape index (κ2) is 8.91. The highest BCUT2D eigenvalue weighted by Crippen LogP contribution is 2.42. The minimum Gasteiger partial charge on any atom is -0.378 e. The molecule has 2 aliphatic carbocycles. The van der Waals surface area contributed by atoms with E-state index in [4.69, 9.17) is 9.72 Å². The Morgan fingerprint density at radius 1 is 0.973 bits per heavy atom. The van der Waals surface area contributed by atoms with Gasteiger partial charge in [0.15, 0.2) is 5.65 Å². The third-order valence-electron chi connectivity index (χ3n) is 9.24. The van der Waals surface area contributed by atoms with E-state index in [1.807, 2.05) is 4.40 Å². The van der Waals surface area contributed by atoms with Crippen LogP contribution in [0.4, 0.5) is 0 Å². The molecule has 1 aliphatic heterocycles. The molecule has 0 unspecified atom stereocenters. The summed E-state index contributed by atoms with van der Waals surface area (Å²) in [6, 6.07) is 6.75. The van der Waals surface area contributed by atoms with Gasteiger partial charge in [-0.15, -0.1) is 10.2 Å². The molecule has 5 heterocycles. The number of ether oxygens (including phenoxy) is 1. The molecule has 0 spiro atoms. The Balaban J connectivity index is 1.20. The van der Waals surface area contributed by atoms with Crippen molar-refractivity contribution in [1.29, 1.82) is 0 Å². The summed E-state index contributed by atoms with van der Waals surface area (Å²) >= 11 is 0. The number of rotatable bonds is 6. The first kappa shape index (κ1) is 23.4. The third kappa shape index (κ3) is 3.89. The van der Waals surface area contributed by atoms with Crippen molar-refractivity contribution < 1.29 is 4.74 Å². The van der Waals surface area contributed by atoms with E-state index in [0.29, 0.717) is 17.9 Å². The molecular formula is C30H38N6O. The molecule has 7 rings (SSSR count). The summed E-state index contributed by atoms with van der Waals surface area (Å²) in [6.45, 7) is 10.8. The monoisotopic (exact) mass is 498 g/mol. The van der Waals surface area contributed by atoms with Gasteiger partial charge in [0, 0.05) is 41.0 Å². The van der Waals surface area contributed by atoms with E-state index in [1.165, 1.54) is 72.2 Å². The zero-order valence-corrected chi connectivity index (χ0v) is 22.5. The summed E-state index contributed by atoms with van der Waals surface area (Å²) in [5.74, 6) is 0.908. The molecule has 0 radical (unpaired) electrons. The Labute approximate surface area is 218 Å². The first-order chi connectivity index (χ1) is 18.0. The fraction of sp³-hybridized carbons (Fsp3) is 0.567. The molecule has 3 fully saturated rings. The smallest absolute Gasteiger partial charge is 0.163 e. The second-order valence-electron chi connectivity index (χ2n) is 11.9. The number of fused-ring (bicyclic) bond motifs is 2. The van der Waals surface area contributed by atoms with Gasteiger partial charge in [-0.2, -0.15) is 0 Å². The van der Waals surface area contributed by atoms with Gasteiger partial charge in [0.05, 0.1) is 36.0 Å². The number of hydrogen-bond donors (Lipinski definition) is 1. The largest absolute Gasteiger partial charge is 0.378 e. The normalized spacial score (nSPS) is 23.0. The second-order valence-corrected chi connectivity index (χ2v) is 11.9. The summed E-state index contributed by atoms with van der Waals surface area (Å²) in [5.41, 5.74) is 10.6. The molecule has 7 nitrogen and oxygen atoms in total. The van der Waals surface area contributed by atoms with E-state index in [-0.39, 0.29) is 0 Å². The molecule has 7 heteroatoms. The predicted octanol–water partition coefficient (Wildman–Crippen LogP) is 5.90. The van der Waals surface area contributed by atoms with Crippen molar-refractivity contribution in [3.8, 4) is 11.3 Å². The molecule has 0 aromatic carbocycles. The van der Waals surface area contributed by atoms with Gasteiger partial charge >= 0.3 is 0 Å². The van der Waals surface area contributed by atoms with Gasteiger partial charge in [-0.1, -0.05) is 13.8 Å². The SMILES string of the molecule is Cc1c(-c2[nH]c3ccc(C4CCC(N(C5CC5)C5COC5)CC4)nc3c2C(C)C)cn2cnnc2c1C. The maximum Gasteiger partial charge on any atom is 0.163 e. The van der Waals surface area contributed by atoms with E-state index < -0.39 is 0 Å². The minimum atomic E-state index is 0.357. The zero-order chi connectivity index (χ0) is 25.3. The maximum atomic E-state index is 5.55. The molecule has 4 aromatic rings. The van der Waals surface area contributed by atoms with Crippen molar-refractivity contribution in [2.24, 2.45) is 0 Å². The van der Waals surface area contributed by atoms with Crippen molar-refractivity contribution in [1.82, 2.24) is 29.5 Å². The highest BCUT2D eigenvalue weighted by Gasteiger charge is 2.42. The highest BCUT2D eigenvalue weighted by atomic mass is 16.5. The summed E-state index contributed by atoms with van der Waals surface area (Å²) in [6.07, 6.45) is 11.7. The lowest BCUT2D eigenvalue weighted by Gasteiger charge is -2.45. The standard InChI is InChI=1S/C30H38N6O/c1-17(2)27-28(24-13-35-16-31-34-30(35)19(4)18(24)3)33-26-12-11-25(32-29(26)27)20-5-7-21(8-6-20)36(22-9-10-22)23-14-37-15-23/h11-13,16-17,20-23,33H,5-10,14-15H2,1-4H3. The van der Waals surface area contributed by atoms with Gasteiger partial charge in [0.25, 0.3) is 0 Å². The van der Waals surface area contributed by atoms with E-state index in [1.54, 1.807) is 6.33 Å². The first-order valence-corrected chi connectivity index (χ1v) is 14.2. The quantitative estimate of drug-likeness (QED) is 0.358. The van der Waals surface area contributed by atoms with Crippen molar-refractivity contribution in [3.05, 3.63) is 47.0 Å². The topological polar surface area (TPSA) is 71.3 Å². The Bertz CT molecular complexity index is 1450. The van der Waals surface area contributed by atoms with Crippen LogP contribution < -0.4 is 0 Å². The van der Waals surface area contributed by atoms with Crippen LogP contribution in [0.5, 0.6) is 0 Å². The summed E-state index contributed by atoms with van der Waals surface area (Å²) in [4.78, 5) is 11.9. The van der Waals surface area contributed by atoms with Crippen LogP contribution in [0.1, 0.15) is 86.6 Å².